The first kappa shape index (κ1) is 12.6. The molecule has 0 saturated carbocycles. The zero-order valence-corrected chi connectivity index (χ0v) is 10.4. The molecule has 0 N–H and O–H groups in total. The Morgan fingerprint density at radius 3 is 2.80 bits per heavy atom. The average Bonchev–Trinajstić information content (AvgIpc) is 2.22. The minimum atomic E-state index is -0.284. The van der Waals surface area contributed by atoms with Crippen LogP contribution in [-0.2, 0) is 0 Å². The highest BCUT2D eigenvalue weighted by Gasteiger charge is 2.07. The van der Waals surface area contributed by atoms with Crippen molar-refractivity contribution in [1.82, 2.24) is 0 Å². The Morgan fingerprint density at radius 1 is 1.60 bits per heavy atom. The first-order chi connectivity index (χ1) is 7.06. The lowest BCUT2D eigenvalue weighted by atomic mass is 10.0. The first-order valence-electron chi connectivity index (χ1n) is 4.79. The second-order valence-electron chi connectivity index (χ2n) is 3.61. The Hall–Kier alpha value is -0.470. The van der Waals surface area contributed by atoms with Crippen LogP contribution in [0, 0.1) is 11.7 Å². The van der Waals surface area contributed by atoms with Crippen molar-refractivity contribution in [2.45, 2.75) is 13.8 Å². The second kappa shape index (κ2) is 5.57. The molecule has 82 valence electrons. The Balaban J connectivity index is 3.07. The first-order valence-corrected chi connectivity index (χ1v) is 5.80. The summed E-state index contributed by atoms with van der Waals surface area (Å²) in [5, 5.41) is 0.445. The molecular weight excluding hydrogens is 231 g/mol. The minimum absolute atomic E-state index is 0.284. The van der Waals surface area contributed by atoms with Crippen molar-refractivity contribution in [1.29, 1.82) is 0 Å². The monoisotopic (exact) mass is 244 g/mol. The van der Waals surface area contributed by atoms with Gasteiger partial charge in [0.2, 0.25) is 0 Å². The van der Waals surface area contributed by atoms with E-state index >= 15 is 0 Å². The molecule has 0 amide bonds. The predicted molar refractivity (Wildman–Crippen MR) is 68.1 cm³/mol. The molecule has 0 spiro atoms. The van der Waals surface area contributed by atoms with Crippen LogP contribution in [0.15, 0.2) is 23.8 Å². The SMILES string of the molecule is C/C(=C\c1c(F)cccc1Cl)C(C)CS. The highest BCUT2D eigenvalue weighted by molar-refractivity contribution is 7.80. The van der Waals surface area contributed by atoms with Gasteiger partial charge in [0.1, 0.15) is 5.82 Å². The van der Waals surface area contributed by atoms with Crippen molar-refractivity contribution in [2.75, 3.05) is 5.75 Å². The van der Waals surface area contributed by atoms with Crippen molar-refractivity contribution in [3.8, 4) is 0 Å². The van der Waals surface area contributed by atoms with E-state index in [9.17, 15) is 4.39 Å². The van der Waals surface area contributed by atoms with Crippen molar-refractivity contribution >= 4 is 30.3 Å². The summed E-state index contributed by atoms with van der Waals surface area (Å²) in [7, 11) is 0. The molecule has 0 aliphatic rings. The molecule has 0 heterocycles. The maximum Gasteiger partial charge on any atom is 0.131 e. The lowest BCUT2D eigenvalue weighted by Gasteiger charge is -2.09. The molecule has 0 aliphatic carbocycles. The van der Waals surface area contributed by atoms with Gasteiger partial charge in [-0.1, -0.05) is 36.2 Å². The predicted octanol–water partition coefficient (Wildman–Crippen LogP) is 4.45. The van der Waals surface area contributed by atoms with Gasteiger partial charge in [0.25, 0.3) is 0 Å². The summed E-state index contributed by atoms with van der Waals surface area (Å²) in [5.74, 6) is 0.784. The third kappa shape index (κ3) is 3.25. The Kier molecular flexibility index (Phi) is 4.68. The zero-order valence-electron chi connectivity index (χ0n) is 8.80. The molecule has 0 bridgehead atoms. The van der Waals surface area contributed by atoms with Gasteiger partial charge in [-0.05, 0) is 30.7 Å². The van der Waals surface area contributed by atoms with Gasteiger partial charge in [0.05, 0.1) is 5.02 Å². The van der Waals surface area contributed by atoms with Crippen LogP contribution in [0.3, 0.4) is 0 Å². The fourth-order valence-electron chi connectivity index (χ4n) is 1.16. The number of benzene rings is 1. The van der Waals surface area contributed by atoms with Crippen LogP contribution in [0.4, 0.5) is 4.39 Å². The summed E-state index contributed by atoms with van der Waals surface area (Å²) >= 11 is 10.1. The van der Waals surface area contributed by atoms with Gasteiger partial charge in [-0.15, -0.1) is 0 Å². The van der Waals surface area contributed by atoms with Crippen molar-refractivity contribution in [2.24, 2.45) is 5.92 Å². The molecule has 1 unspecified atom stereocenters. The lowest BCUT2D eigenvalue weighted by molar-refractivity contribution is 0.624. The number of halogens is 2. The van der Waals surface area contributed by atoms with Gasteiger partial charge in [-0.3, -0.25) is 0 Å². The third-order valence-electron chi connectivity index (χ3n) is 2.42. The van der Waals surface area contributed by atoms with E-state index in [2.05, 4.69) is 12.6 Å². The van der Waals surface area contributed by atoms with Gasteiger partial charge in [0.15, 0.2) is 0 Å². The number of allylic oxidation sites excluding steroid dienone is 1. The van der Waals surface area contributed by atoms with E-state index in [0.29, 0.717) is 16.5 Å². The fraction of sp³-hybridized carbons (Fsp3) is 0.333. The Bertz CT molecular complexity index is 354. The van der Waals surface area contributed by atoms with Crippen molar-refractivity contribution < 1.29 is 4.39 Å². The van der Waals surface area contributed by atoms with Crippen LogP contribution in [0.25, 0.3) is 6.08 Å². The van der Waals surface area contributed by atoms with E-state index in [1.165, 1.54) is 6.07 Å². The number of thiol groups is 1. The summed E-state index contributed by atoms with van der Waals surface area (Å²) < 4.78 is 13.4. The molecule has 0 saturated heterocycles. The van der Waals surface area contributed by atoms with Crippen molar-refractivity contribution in [3.63, 3.8) is 0 Å². The normalized spacial score (nSPS) is 14.1. The summed E-state index contributed by atoms with van der Waals surface area (Å²) in [6.07, 6.45) is 1.79. The largest absolute Gasteiger partial charge is 0.206 e. The summed E-state index contributed by atoms with van der Waals surface area (Å²) in [6.45, 7) is 4.01. The van der Waals surface area contributed by atoms with Gasteiger partial charge in [-0.2, -0.15) is 12.6 Å². The highest BCUT2D eigenvalue weighted by Crippen LogP contribution is 2.24. The minimum Gasteiger partial charge on any atom is -0.206 e. The molecule has 0 radical (unpaired) electrons. The molecule has 0 aromatic heterocycles. The molecule has 0 fully saturated rings. The highest BCUT2D eigenvalue weighted by atomic mass is 35.5. The van der Waals surface area contributed by atoms with Gasteiger partial charge in [-0.25, -0.2) is 4.39 Å². The summed E-state index contributed by atoms with van der Waals surface area (Å²) in [5.41, 5.74) is 1.54. The van der Waals surface area contributed by atoms with E-state index in [4.69, 9.17) is 11.6 Å². The molecule has 1 aromatic carbocycles. The van der Waals surface area contributed by atoms with Crippen LogP contribution in [-0.4, -0.2) is 5.75 Å². The summed E-state index contributed by atoms with van der Waals surface area (Å²) in [6, 6.07) is 4.71. The average molecular weight is 245 g/mol. The molecular formula is C12H14ClFS. The smallest absolute Gasteiger partial charge is 0.131 e. The number of rotatable bonds is 3. The van der Waals surface area contributed by atoms with E-state index in [1.807, 2.05) is 13.8 Å². The molecule has 1 rings (SSSR count). The van der Waals surface area contributed by atoms with Crippen LogP contribution in [0.2, 0.25) is 5.02 Å². The van der Waals surface area contributed by atoms with E-state index in [0.717, 1.165) is 11.3 Å². The van der Waals surface area contributed by atoms with Crippen LogP contribution in [0.5, 0.6) is 0 Å². The number of hydrogen-bond donors (Lipinski definition) is 1. The molecule has 1 atom stereocenters. The van der Waals surface area contributed by atoms with E-state index in [1.54, 1.807) is 18.2 Å². The fourth-order valence-corrected chi connectivity index (χ4v) is 1.67. The molecule has 0 aliphatic heterocycles. The van der Waals surface area contributed by atoms with Crippen LogP contribution >= 0.6 is 24.2 Å². The Labute approximate surface area is 101 Å². The standard InChI is InChI=1S/C12H14ClFS/c1-8(9(2)7-15)6-10-11(13)4-3-5-12(10)14/h3-6,9,15H,7H2,1-2H3/b8-6+. The lowest BCUT2D eigenvalue weighted by Crippen LogP contribution is -1.98. The van der Waals surface area contributed by atoms with Crippen LogP contribution < -0.4 is 0 Å². The quantitative estimate of drug-likeness (QED) is 0.747. The zero-order chi connectivity index (χ0) is 11.4. The maximum atomic E-state index is 13.4. The molecule has 15 heavy (non-hydrogen) atoms. The van der Waals surface area contributed by atoms with Gasteiger partial charge >= 0.3 is 0 Å². The molecule has 3 heteroatoms. The molecule has 1 aromatic rings. The van der Waals surface area contributed by atoms with E-state index in [-0.39, 0.29) is 5.82 Å². The van der Waals surface area contributed by atoms with Crippen molar-refractivity contribution in [3.05, 3.63) is 40.2 Å². The van der Waals surface area contributed by atoms with E-state index < -0.39 is 0 Å². The van der Waals surface area contributed by atoms with Gasteiger partial charge < -0.3 is 0 Å². The second-order valence-corrected chi connectivity index (χ2v) is 4.38. The Morgan fingerprint density at radius 2 is 2.27 bits per heavy atom. The van der Waals surface area contributed by atoms with Crippen LogP contribution in [0.1, 0.15) is 19.4 Å². The van der Waals surface area contributed by atoms with Gasteiger partial charge in [0, 0.05) is 5.56 Å². The number of hydrogen-bond acceptors (Lipinski definition) is 1. The maximum absolute atomic E-state index is 13.4. The topological polar surface area (TPSA) is 0 Å². The third-order valence-corrected chi connectivity index (χ3v) is 3.30. The molecule has 0 nitrogen and oxygen atoms in total. The summed E-state index contributed by atoms with van der Waals surface area (Å²) in [4.78, 5) is 0.